The van der Waals surface area contributed by atoms with Crippen molar-refractivity contribution in [1.29, 1.82) is 0 Å². The number of ether oxygens (including phenoxy) is 1. The van der Waals surface area contributed by atoms with Crippen molar-refractivity contribution >= 4 is 15.9 Å². The Balaban J connectivity index is 2.06. The van der Waals surface area contributed by atoms with E-state index in [1.54, 1.807) is 29.1 Å². The monoisotopic (exact) mass is 320 g/mol. The summed E-state index contributed by atoms with van der Waals surface area (Å²) < 4.78 is 42.1. The van der Waals surface area contributed by atoms with E-state index in [1.165, 1.54) is 12.1 Å². The maximum absolute atomic E-state index is 12.0. The number of nitrogens with zero attached hydrogens (tertiary/aromatic N) is 2. The molecule has 0 atom stereocenters. The van der Waals surface area contributed by atoms with Gasteiger partial charge in [-0.1, -0.05) is 12.1 Å². The molecule has 1 heterocycles. The lowest BCUT2D eigenvalue weighted by atomic mass is 10.2. The molecule has 3 nitrogen and oxygen atoms in total. The van der Waals surface area contributed by atoms with E-state index in [4.69, 9.17) is 0 Å². The molecule has 18 heavy (non-hydrogen) atoms. The number of rotatable bonds is 3. The fourth-order valence-electron chi connectivity index (χ4n) is 1.40. The summed E-state index contributed by atoms with van der Waals surface area (Å²) in [5.74, 6) is -0.231. The average Bonchev–Trinajstić information content (AvgIpc) is 2.65. The van der Waals surface area contributed by atoms with Crippen molar-refractivity contribution in [2.75, 3.05) is 0 Å². The second-order valence-electron chi connectivity index (χ2n) is 3.50. The Kier molecular flexibility index (Phi) is 3.60. The van der Waals surface area contributed by atoms with Crippen LogP contribution in [0.2, 0.25) is 0 Å². The summed E-state index contributed by atoms with van der Waals surface area (Å²) in [4.78, 5) is 0. The second-order valence-corrected chi connectivity index (χ2v) is 4.32. The quantitative estimate of drug-likeness (QED) is 0.864. The van der Waals surface area contributed by atoms with Crippen LogP contribution in [-0.2, 0) is 6.54 Å². The van der Waals surface area contributed by atoms with Crippen LogP contribution in [0.25, 0.3) is 0 Å². The molecule has 7 heteroatoms. The van der Waals surface area contributed by atoms with Crippen molar-refractivity contribution < 1.29 is 17.9 Å². The second kappa shape index (κ2) is 5.01. The highest BCUT2D eigenvalue weighted by molar-refractivity contribution is 9.10. The van der Waals surface area contributed by atoms with Crippen LogP contribution >= 0.6 is 15.9 Å². The van der Waals surface area contributed by atoms with Gasteiger partial charge in [-0.05, 0) is 39.7 Å². The molecule has 0 bridgehead atoms. The minimum atomic E-state index is -4.66. The lowest BCUT2D eigenvalue weighted by Crippen LogP contribution is -2.17. The molecule has 2 rings (SSSR count). The van der Waals surface area contributed by atoms with Crippen molar-refractivity contribution in [2.45, 2.75) is 12.9 Å². The number of aromatic nitrogens is 2. The number of benzene rings is 1. The molecular weight excluding hydrogens is 313 g/mol. The van der Waals surface area contributed by atoms with E-state index in [9.17, 15) is 13.2 Å². The number of hydrogen-bond acceptors (Lipinski definition) is 2. The van der Waals surface area contributed by atoms with Crippen molar-refractivity contribution in [3.05, 3.63) is 46.7 Å². The van der Waals surface area contributed by atoms with Gasteiger partial charge in [0, 0.05) is 0 Å². The predicted octanol–water partition coefficient (Wildman–Crippen LogP) is 3.59. The molecule has 0 fully saturated rings. The molecule has 2 aromatic rings. The highest BCUT2D eigenvalue weighted by Crippen LogP contribution is 2.23. The smallest absolute Gasteiger partial charge is 0.406 e. The summed E-state index contributed by atoms with van der Waals surface area (Å²) in [7, 11) is 0. The van der Waals surface area contributed by atoms with Crippen LogP contribution in [0.4, 0.5) is 13.2 Å². The molecule has 0 saturated heterocycles. The van der Waals surface area contributed by atoms with Crippen LogP contribution in [0.15, 0.2) is 41.1 Å². The largest absolute Gasteiger partial charge is 0.573 e. The van der Waals surface area contributed by atoms with Gasteiger partial charge in [-0.15, -0.1) is 13.2 Å². The standard InChI is InChI=1S/C11H8BrF3N2O/c12-10-5-6-16-17(10)7-8-1-3-9(4-2-8)18-11(13,14)15/h1-6H,7H2. The van der Waals surface area contributed by atoms with Gasteiger partial charge < -0.3 is 4.74 Å². The molecule has 0 radical (unpaired) electrons. The predicted molar refractivity (Wildman–Crippen MR) is 62.2 cm³/mol. The number of alkyl halides is 3. The van der Waals surface area contributed by atoms with E-state index in [0.717, 1.165) is 10.2 Å². The fraction of sp³-hybridized carbons (Fsp3) is 0.182. The van der Waals surface area contributed by atoms with E-state index >= 15 is 0 Å². The van der Waals surface area contributed by atoms with E-state index < -0.39 is 6.36 Å². The molecular formula is C11H8BrF3N2O. The van der Waals surface area contributed by atoms with Crippen LogP contribution in [0.3, 0.4) is 0 Å². The third-order valence-corrected chi connectivity index (χ3v) is 2.83. The van der Waals surface area contributed by atoms with Gasteiger partial charge in [-0.2, -0.15) is 5.10 Å². The van der Waals surface area contributed by atoms with Crippen LogP contribution in [0.1, 0.15) is 5.56 Å². The Morgan fingerprint density at radius 3 is 2.33 bits per heavy atom. The first-order chi connectivity index (χ1) is 8.44. The first-order valence-electron chi connectivity index (χ1n) is 4.96. The van der Waals surface area contributed by atoms with Gasteiger partial charge in [0.1, 0.15) is 10.4 Å². The molecule has 0 N–H and O–H groups in total. The van der Waals surface area contributed by atoms with Crippen molar-refractivity contribution in [3.63, 3.8) is 0 Å². The zero-order chi connectivity index (χ0) is 13.2. The molecule has 1 aromatic heterocycles. The zero-order valence-electron chi connectivity index (χ0n) is 8.99. The van der Waals surface area contributed by atoms with Gasteiger partial charge in [0.05, 0.1) is 12.7 Å². The Morgan fingerprint density at radius 1 is 1.17 bits per heavy atom. The van der Waals surface area contributed by atoms with Gasteiger partial charge in [-0.3, -0.25) is 4.68 Å². The van der Waals surface area contributed by atoms with Gasteiger partial charge >= 0.3 is 6.36 Å². The minimum absolute atomic E-state index is 0.231. The first-order valence-corrected chi connectivity index (χ1v) is 5.75. The van der Waals surface area contributed by atoms with E-state index in [2.05, 4.69) is 25.8 Å². The first kappa shape index (κ1) is 12.9. The maximum atomic E-state index is 12.0. The Bertz CT molecular complexity index is 522. The molecule has 0 unspecified atom stereocenters. The summed E-state index contributed by atoms with van der Waals surface area (Å²) >= 11 is 3.30. The van der Waals surface area contributed by atoms with E-state index in [0.29, 0.717) is 6.54 Å². The summed E-state index contributed by atoms with van der Waals surface area (Å²) in [6, 6.07) is 7.46. The van der Waals surface area contributed by atoms with Crippen molar-refractivity contribution in [1.82, 2.24) is 9.78 Å². The van der Waals surface area contributed by atoms with Crippen LogP contribution in [-0.4, -0.2) is 16.1 Å². The van der Waals surface area contributed by atoms with Crippen LogP contribution < -0.4 is 4.74 Å². The third-order valence-electron chi connectivity index (χ3n) is 2.15. The van der Waals surface area contributed by atoms with Crippen LogP contribution in [0, 0.1) is 0 Å². The summed E-state index contributed by atoms with van der Waals surface area (Å²) in [6.07, 6.45) is -3.03. The fourth-order valence-corrected chi connectivity index (χ4v) is 1.74. The van der Waals surface area contributed by atoms with Gasteiger partial charge in [0.25, 0.3) is 0 Å². The molecule has 0 saturated carbocycles. The maximum Gasteiger partial charge on any atom is 0.573 e. The SMILES string of the molecule is FC(F)(F)Oc1ccc(Cn2nccc2Br)cc1. The molecule has 1 aromatic carbocycles. The highest BCUT2D eigenvalue weighted by Gasteiger charge is 2.30. The van der Waals surface area contributed by atoms with Gasteiger partial charge in [0.2, 0.25) is 0 Å². The third kappa shape index (κ3) is 3.49. The molecule has 0 aliphatic rings. The number of halogens is 4. The lowest BCUT2D eigenvalue weighted by Gasteiger charge is -2.09. The molecule has 96 valence electrons. The zero-order valence-corrected chi connectivity index (χ0v) is 10.6. The Hall–Kier alpha value is -1.50. The average molecular weight is 321 g/mol. The summed E-state index contributed by atoms with van der Waals surface area (Å²) in [5, 5.41) is 4.05. The minimum Gasteiger partial charge on any atom is -0.406 e. The van der Waals surface area contributed by atoms with E-state index in [1.807, 2.05) is 0 Å². The van der Waals surface area contributed by atoms with Crippen LogP contribution in [0.5, 0.6) is 5.75 Å². The molecule has 0 amide bonds. The molecule has 0 aliphatic heterocycles. The Labute approximate surface area is 109 Å². The summed E-state index contributed by atoms with van der Waals surface area (Å²) in [5.41, 5.74) is 0.828. The molecule has 0 aliphatic carbocycles. The highest BCUT2D eigenvalue weighted by atomic mass is 79.9. The van der Waals surface area contributed by atoms with Crippen molar-refractivity contribution in [3.8, 4) is 5.75 Å². The normalized spacial score (nSPS) is 11.6. The summed E-state index contributed by atoms with van der Waals surface area (Å²) in [6.45, 7) is 0.472. The van der Waals surface area contributed by atoms with Gasteiger partial charge in [-0.25, -0.2) is 0 Å². The number of hydrogen-bond donors (Lipinski definition) is 0. The van der Waals surface area contributed by atoms with E-state index in [-0.39, 0.29) is 5.75 Å². The lowest BCUT2D eigenvalue weighted by molar-refractivity contribution is -0.274. The Morgan fingerprint density at radius 2 is 1.83 bits per heavy atom. The topological polar surface area (TPSA) is 27.1 Å². The molecule has 0 spiro atoms. The van der Waals surface area contributed by atoms with Gasteiger partial charge in [0.15, 0.2) is 0 Å². The van der Waals surface area contributed by atoms with Crippen molar-refractivity contribution in [2.24, 2.45) is 0 Å².